The largest absolute Gasteiger partial charge is 0.495 e. The number of methoxy groups -OCH3 is 1. The predicted molar refractivity (Wildman–Crippen MR) is 150 cm³/mol. The van der Waals surface area contributed by atoms with Gasteiger partial charge in [-0.3, -0.25) is 9.36 Å². The van der Waals surface area contributed by atoms with Crippen molar-refractivity contribution in [3.8, 4) is 11.4 Å². The number of nitrogens with zero attached hydrogens (tertiary/aromatic N) is 2. The highest BCUT2D eigenvalue weighted by atomic mass is 35.5. The Bertz CT molecular complexity index is 1570. The molecule has 1 heterocycles. The van der Waals surface area contributed by atoms with Crippen LogP contribution in [0.2, 0.25) is 5.02 Å². The van der Waals surface area contributed by atoms with E-state index in [-0.39, 0.29) is 22.7 Å². The fourth-order valence-corrected chi connectivity index (χ4v) is 6.52. The van der Waals surface area contributed by atoms with Crippen LogP contribution in [0.3, 0.4) is 0 Å². The lowest BCUT2D eigenvalue weighted by Gasteiger charge is -2.36. The minimum Gasteiger partial charge on any atom is -0.495 e. The average molecular weight is 586 g/mol. The van der Waals surface area contributed by atoms with E-state index in [4.69, 9.17) is 21.3 Å². The van der Waals surface area contributed by atoms with Crippen LogP contribution < -0.4 is 10.1 Å². The number of thioether (sulfide) groups is 1. The van der Waals surface area contributed by atoms with Crippen molar-refractivity contribution in [2.75, 3.05) is 14.2 Å². The Labute approximate surface area is 239 Å². The molecule has 1 atom stereocenters. The van der Waals surface area contributed by atoms with E-state index in [9.17, 15) is 18.0 Å². The highest BCUT2D eigenvalue weighted by Gasteiger charge is 2.40. The highest BCUT2D eigenvalue weighted by Crippen LogP contribution is 2.46. The molecule has 3 aromatic carbocycles. The van der Waals surface area contributed by atoms with Crippen LogP contribution in [-0.2, 0) is 17.6 Å². The summed E-state index contributed by atoms with van der Waals surface area (Å²) in [6.45, 7) is 2.13. The zero-order valence-corrected chi connectivity index (χ0v) is 23.7. The lowest BCUT2D eigenvalue weighted by Crippen LogP contribution is -2.31. The van der Waals surface area contributed by atoms with Crippen LogP contribution in [0.4, 0.5) is 13.2 Å². The summed E-state index contributed by atoms with van der Waals surface area (Å²) in [4.78, 5) is 16.8. The maximum Gasteiger partial charge on any atom is 0.251 e. The highest BCUT2D eigenvalue weighted by molar-refractivity contribution is 7.98. The van der Waals surface area contributed by atoms with Gasteiger partial charge in [-0.25, -0.2) is 18.2 Å². The van der Waals surface area contributed by atoms with Crippen molar-refractivity contribution in [2.24, 2.45) is 0 Å². The molecule has 0 fully saturated rings. The van der Waals surface area contributed by atoms with E-state index in [1.165, 1.54) is 30.9 Å². The summed E-state index contributed by atoms with van der Waals surface area (Å²) in [7, 11) is 2.96. The first-order valence-corrected chi connectivity index (χ1v) is 14.1. The number of amides is 1. The zero-order valence-electron chi connectivity index (χ0n) is 22.2. The third-order valence-electron chi connectivity index (χ3n) is 7.38. The average Bonchev–Trinajstić information content (AvgIpc) is 3.32. The number of nitrogens with one attached hydrogen (secondary N) is 1. The van der Waals surface area contributed by atoms with Crippen LogP contribution in [0.5, 0.6) is 5.75 Å². The third kappa shape index (κ3) is 5.08. The Kier molecular flexibility index (Phi) is 7.88. The van der Waals surface area contributed by atoms with Gasteiger partial charge in [0, 0.05) is 35.0 Å². The van der Waals surface area contributed by atoms with E-state index in [2.05, 4.69) is 12.2 Å². The summed E-state index contributed by atoms with van der Waals surface area (Å²) in [5.74, 6) is -2.08. The number of halogens is 4. The second kappa shape index (κ2) is 11.2. The number of hydrogen-bond donors (Lipinski definition) is 1. The topological polar surface area (TPSA) is 56.2 Å². The number of aromatic nitrogens is 2. The van der Waals surface area contributed by atoms with Crippen LogP contribution in [0.25, 0.3) is 5.69 Å². The summed E-state index contributed by atoms with van der Waals surface area (Å²) >= 11 is 7.50. The minimum absolute atomic E-state index is 0.0612. The van der Waals surface area contributed by atoms with Gasteiger partial charge in [0.15, 0.2) is 5.16 Å². The molecule has 208 valence electrons. The summed E-state index contributed by atoms with van der Waals surface area (Å²) in [6.07, 6.45) is 2.41. The number of imidazole rings is 1. The number of rotatable bonds is 7. The normalized spacial score (nSPS) is 16.5. The molecule has 1 aliphatic rings. The lowest BCUT2D eigenvalue weighted by molar-refractivity contribution is 0.0962. The Morgan fingerprint density at radius 2 is 1.82 bits per heavy atom. The second-order valence-corrected chi connectivity index (χ2v) is 11.2. The number of benzene rings is 3. The van der Waals surface area contributed by atoms with Gasteiger partial charge in [0.25, 0.3) is 5.91 Å². The molecule has 1 unspecified atom stereocenters. The van der Waals surface area contributed by atoms with Crippen molar-refractivity contribution in [1.29, 1.82) is 0 Å². The molecule has 1 amide bonds. The molecule has 0 bridgehead atoms. The molecule has 0 saturated carbocycles. The molecule has 10 heteroatoms. The van der Waals surface area contributed by atoms with E-state index < -0.39 is 23.0 Å². The molecule has 4 aromatic rings. The molecule has 1 aliphatic carbocycles. The first-order valence-electron chi connectivity index (χ1n) is 12.7. The van der Waals surface area contributed by atoms with Gasteiger partial charge < -0.3 is 10.1 Å². The van der Waals surface area contributed by atoms with E-state index in [0.717, 1.165) is 48.3 Å². The Morgan fingerprint density at radius 3 is 2.48 bits per heavy atom. The lowest BCUT2D eigenvalue weighted by atomic mass is 9.71. The molecule has 0 radical (unpaired) electrons. The first kappa shape index (κ1) is 28.1. The molecular formula is C30H27ClF3N3O2S. The van der Waals surface area contributed by atoms with Crippen LogP contribution in [0.15, 0.2) is 59.8 Å². The van der Waals surface area contributed by atoms with Crippen LogP contribution in [-0.4, -0.2) is 29.6 Å². The van der Waals surface area contributed by atoms with Gasteiger partial charge in [0.2, 0.25) is 0 Å². The van der Waals surface area contributed by atoms with Gasteiger partial charge >= 0.3 is 0 Å². The Hall–Kier alpha value is -3.43. The first-order chi connectivity index (χ1) is 19.2. The van der Waals surface area contributed by atoms with Crippen molar-refractivity contribution in [1.82, 2.24) is 14.9 Å². The maximum absolute atomic E-state index is 14.9. The van der Waals surface area contributed by atoms with Gasteiger partial charge in [0.1, 0.15) is 23.2 Å². The summed E-state index contributed by atoms with van der Waals surface area (Å²) in [5.41, 5.74) is 2.70. The van der Waals surface area contributed by atoms with Gasteiger partial charge in [-0.1, -0.05) is 29.4 Å². The number of hydrogen-bond acceptors (Lipinski definition) is 4. The zero-order chi connectivity index (χ0) is 28.6. The standard InChI is InChI=1S/C30H27ClF3N3O2S/c1-30(18-6-11-22(31)26(15-18)39-3)12-4-5-25-27(30)37(20-9-7-19(32)8-10-20)29(36-25)40-16-21-23(33)13-17(14-24(21)34)28(38)35-2/h6-11,13-15H,4-5,12,16H2,1-3H3,(H,35,38). The third-order valence-corrected chi connectivity index (χ3v) is 8.66. The quantitative estimate of drug-likeness (QED) is 0.232. The fraction of sp³-hybridized carbons (Fsp3) is 0.267. The maximum atomic E-state index is 14.9. The molecule has 0 saturated heterocycles. The van der Waals surface area contributed by atoms with E-state index in [1.54, 1.807) is 25.3 Å². The molecule has 5 nitrogen and oxygen atoms in total. The Balaban J connectivity index is 1.62. The van der Waals surface area contributed by atoms with Crippen LogP contribution in [0, 0.1) is 17.5 Å². The van der Waals surface area contributed by atoms with Gasteiger partial charge in [-0.15, -0.1) is 0 Å². The molecule has 0 aliphatic heterocycles. The van der Waals surface area contributed by atoms with Crippen LogP contribution in [0.1, 0.15) is 52.6 Å². The smallest absolute Gasteiger partial charge is 0.251 e. The number of ether oxygens (including phenoxy) is 1. The van der Waals surface area contributed by atoms with Crippen molar-refractivity contribution >= 4 is 29.3 Å². The predicted octanol–water partition coefficient (Wildman–Crippen LogP) is 7.25. The number of aryl methyl sites for hydroxylation is 1. The van der Waals surface area contributed by atoms with Gasteiger partial charge in [-0.2, -0.15) is 0 Å². The minimum atomic E-state index is -0.811. The molecular weight excluding hydrogens is 559 g/mol. The summed E-state index contributed by atoms with van der Waals surface area (Å²) < 4.78 is 51.2. The molecule has 5 rings (SSSR count). The summed E-state index contributed by atoms with van der Waals surface area (Å²) in [5, 5.41) is 3.40. The van der Waals surface area contributed by atoms with Crippen molar-refractivity contribution < 1.29 is 22.7 Å². The van der Waals surface area contributed by atoms with E-state index in [1.807, 2.05) is 16.7 Å². The molecule has 40 heavy (non-hydrogen) atoms. The number of carbonyl (C=O) groups is 1. The van der Waals surface area contributed by atoms with Crippen molar-refractivity contribution in [2.45, 2.75) is 42.5 Å². The molecule has 1 aromatic heterocycles. The second-order valence-electron chi connectivity index (χ2n) is 9.82. The monoisotopic (exact) mass is 585 g/mol. The van der Waals surface area contributed by atoms with Crippen molar-refractivity contribution in [3.63, 3.8) is 0 Å². The van der Waals surface area contributed by atoms with Gasteiger partial charge in [-0.05, 0) is 80.3 Å². The fourth-order valence-electron chi connectivity index (χ4n) is 5.27. The van der Waals surface area contributed by atoms with Crippen molar-refractivity contribution in [3.05, 3.63) is 105 Å². The Morgan fingerprint density at radius 1 is 1.12 bits per heavy atom. The van der Waals surface area contributed by atoms with E-state index >= 15 is 0 Å². The van der Waals surface area contributed by atoms with Gasteiger partial charge in [0.05, 0.1) is 23.5 Å². The molecule has 1 N–H and O–H groups in total. The SMILES string of the molecule is CNC(=O)c1cc(F)c(CSc2nc3c(n2-c2ccc(F)cc2)C(C)(c2ccc(Cl)c(OC)c2)CCC3)c(F)c1. The number of carbonyl (C=O) groups excluding carboxylic acids is 1. The summed E-state index contributed by atoms with van der Waals surface area (Å²) in [6, 6.07) is 13.8. The van der Waals surface area contributed by atoms with Crippen LogP contribution >= 0.6 is 23.4 Å². The number of fused-ring (bicyclic) bond motifs is 1. The van der Waals surface area contributed by atoms with E-state index in [0.29, 0.717) is 21.6 Å². The molecule has 0 spiro atoms.